The summed E-state index contributed by atoms with van der Waals surface area (Å²) in [4.78, 5) is 19.7. The summed E-state index contributed by atoms with van der Waals surface area (Å²) < 4.78 is 7.79. The van der Waals surface area contributed by atoms with Gasteiger partial charge in [-0.3, -0.25) is 9.69 Å². The molecule has 1 fully saturated rings. The number of nitrogens with zero attached hydrogens (tertiary/aromatic N) is 4. The molecule has 28 heavy (non-hydrogen) atoms. The van der Waals surface area contributed by atoms with Crippen molar-refractivity contribution in [1.29, 1.82) is 0 Å². The molecule has 1 aliphatic heterocycles. The molecule has 0 spiro atoms. The van der Waals surface area contributed by atoms with E-state index < -0.39 is 0 Å². The predicted octanol–water partition coefficient (Wildman–Crippen LogP) is 3.81. The number of carbonyl (C=O) groups is 1. The first kappa shape index (κ1) is 18.7. The number of para-hydroxylation sites is 2. The van der Waals surface area contributed by atoms with Crippen LogP contribution in [0.15, 0.2) is 40.9 Å². The van der Waals surface area contributed by atoms with E-state index in [4.69, 9.17) is 4.42 Å². The minimum atomic E-state index is -0.234. The molecule has 0 aliphatic carbocycles. The second-order valence-electron chi connectivity index (χ2n) is 7.77. The molecule has 3 heterocycles. The summed E-state index contributed by atoms with van der Waals surface area (Å²) in [5, 5.41) is 7.31. The quantitative estimate of drug-likeness (QED) is 0.727. The molecule has 3 aromatic rings. The zero-order valence-corrected chi connectivity index (χ0v) is 16.6. The lowest BCUT2D eigenvalue weighted by atomic mass is 9.96. The number of amides is 1. The summed E-state index contributed by atoms with van der Waals surface area (Å²) in [6.45, 7) is 7.71. The van der Waals surface area contributed by atoms with Gasteiger partial charge < -0.3 is 9.73 Å². The largest absolute Gasteiger partial charge is 0.440 e. The van der Waals surface area contributed by atoms with Crippen LogP contribution in [0, 0.1) is 0 Å². The lowest BCUT2D eigenvalue weighted by Crippen LogP contribution is -2.46. The first-order valence-electron chi connectivity index (χ1n) is 9.97. The van der Waals surface area contributed by atoms with Crippen LogP contribution in [0.5, 0.6) is 0 Å². The number of benzene rings is 1. The van der Waals surface area contributed by atoms with Crippen molar-refractivity contribution in [2.24, 2.45) is 0 Å². The molecular weight excluding hydrogens is 354 g/mol. The number of rotatable bonds is 5. The van der Waals surface area contributed by atoms with Crippen LogP contribution < -0.4 is 5.32 Å². The Bertz CT molecular complexity index is 928. The minimum absolute atomic E-state index is 0.0133. The van der Waals surface area contributed by atoms with E-state index in [9.17, 15) is 4.79 Å². The van der Waals surface area contributed by atoms with E-state index in [0.717, 1.165) is 48.7 Å². The third-order valence-electron chi connectivity index (χ3n) is 5.45. The number of hydrogen-bond acceptors (Lipinski definition) is 5. The smallest absolute Gasteiger partial charge is 0.242 e. The molecule has 0 unspecified atom stereocenters. The van der Waals surface area contributed by atoms with Crippen LogP contribution in [-0.4, -0.2) is 44.7 Å². The maximum absolute atomic E-state index is 12.8. The average Bonchev–Trinajstić information content (AvgIpc) is 3.34. The van der Waals surface area contributed by atoms with Crippen LogP contribution in [0.2, 0.25) is 0 Å². The molecule has 1 saturated heterocycles. The van der Waals surface area contributed by atoms with Crippen molar-refractivity contribution in [3.8, 4) is 0 Å². The van der Waals surface area contributed by atoms with Gasteiger partial charge in [0, 0.05) is 24.6 Å². The van der Waals surface area contributed by atoms with Gasteiger partial charge in [-0.05, 0) is 52.3 Å². The molecule has 1 N–H and O–H groups in total. The molecule has 2 aromatic heterocycles. The van der Waals surface area contributed by atoms with Crippen molar-refractivity contribution in [2.45, 2.75) is 51.6 Å². The van der Waals surface area contributed by atoms with Gasteiger partial charge in [0.2, 0.25) is 5.91 Å². The Labute approximate surface area is 164 Å². The monoisotopic (exact) mass is 381 g/mol. The lowest BCUT2D eigenvalue weighted by molar-refractivity contribution is -0.121. The fraction of sp³-hybridized carbons (Fsp3) is 0.476. The molecule has 1 aromatic carbocycles. The van der Waals surface area contributed by atoms with Gasteiger partial charge in [0.1, 0.15) is 11.3 Å². The van der Waals surface area contributed by atoms with Gasteiger partial charge in [0.05, 0.1) is 12.2 Å². The predicted molar refractivity (Wildman–Crippen MR) is 108 cm³/mol. The van der Waals surface area contributed by atoms with Crippen molar-refractivity contribution in [3.63, 3.8) is 0 Å². The highest BCUT2D eigenvalue weighted by atomic mass is 16.3. The summed E-state index contributed by atoms with van der Waals surface area (Å²) >= 11 is 0. The van der Waals surface area contributed by atoms with E-state index in [2.05, 4.69) is 20.3 Å². The molecule has 148 valence electrons. The van der Waals surface area contributed by atoms with Crippen LogP contribution in [0.25, 0.3) is 11.1 Å². The number of hydrogen-bond donors (Lipinski definition) is 1. The number of anilines is 1. The van der Waals surface area contributed by atoms with E-state index in [1.54, 1.807) is 6.20 Å². The Morgan fingerprint density at radius 1 is 1.25 bits per heavy atom. The number of likely N-dealkylation sites (tertiary alicyclic amines) is 1. The van der Waals surface area contributed by atoms with E-state index in [1.807, 2.05) is 55.8 Å². The van der Waals surface area contributed by atoms with Crippen molar-refractivity contribution in [3.05, 3.63) is 42.4 Å². The highest BCUT2D eigenvalue weighted by Crippen LogP contribution is 2.30. The Morgan fingerprint density at radius 3 is 2.86 bits per heavy atom. The lowest BCUT2D eigenvalue weighted by Gasteiger charge is -2.34. The van der Waals surface area contributed by atoms with Gasteiger partial charge in [-0.1, -0.05) is 12.1 Å². The molecule has 0 saturated carbocycles. The third-order valence-corrected chi connectivity index (χ3v) is 5.45. The standard InChI is InChI=1S/C21H27N5O2/c1-14(2)26-19(10-11-22-26)24-20(27)15(3)25-12-6-7-16(13-25)21-23-17-8-4-5-9-18(17)28-21/h4-5,8-11,14-16H,6-7,12-13H2,1-3H3,(H,24,27)/t15-,16-/m1/s1. The summed E-state index contributed by atoms with van der Waals surface area (Å²) in [5.74, 6) is 1.70. The molecule has 1 amide bonds. The molecule has 1 aliphatic rings. The highest BCUT2D eigenvalue weighted by Gasteiger charge is 2.31. The maximum Gasteiger partial charge on any atom is 0.242 e. The van der Waals surface area contributed by atoms with Crippen LogP contribution in [-0.2, 0) is 4.79 Å². The zero-order chi connectivity index (χ0) is 19.7. The van der Waals surface area contributed by atoms with Gasteiger partial charge in [-0.25, -0.2) is 9.67 Å². The third kappa shape index (κ3) is 3.67. The number of oxazole rings is 1. The van der Waals surface area contributed by atoms with Gasteiger partial charge >= 0.3 is 0 Å². The van der Waals surface area contributed by atoms with Crippen LogP contribution >= 0.6 is 0 Å². The van der Waals surface area contributed by atoms with Crippen molar-refractivity contribution < 1.29 is 9.21 Å². The highest BCUT2D eigenvalue weighted by molar-refractivity contribution is 5.93. The van der Waals surface area contributed by atoms with E-state index in [-0.39, 0.29) is 23.9 Å². The Hall–Kier alpha value is -2.67. The zero-order valence-electron chi connectivity index (χ0n) is 16.6. The van der Waals surface area contributed by atoms with E-state index in [1.165, 1.54) is 0 Å². The minimum Gasteiger partial charge on any atom is -0.440 e. The maximum atomic E-state index is 12.8. The van der Waals surface area contributed by atoms with Crippen LogP contribution in [0.1, 0.15) is 51.5 Å². The average molecular weight is 381 g/mol. The van der Waals surface area contributed by atoms with Crippen molar-refractivity contribution in [1.82, 2.24) is 19.7 Å². The van der Waals surface area contributed by atoms with Gasteiger partial charge in [-0.2, -0.15) is 5.10 Å². The summed E-state index contributed by atoms with van der Waals surface area (Å²) in [5.41, 5.74) is 1.71. The number of fused-ring (bicyclic) bond motifs is 1. The second-order valence-corrected chi connectivity index (χ2v) is 7.77. The van der Waals surface area contributed by atoms with Crippen molar-refractivity contribution >= 4 is 22.8 Å². The van der Waals surface area contributed by atoms with Crippen LogP contribution in [0.3, 0.4) is 0 Å². The molecule has 7 nitrogen and oxygen atoms in total. The Kier molecular flexibility index (Phi) is 5.17. The van der Waals surface area contributed by atoms with Crippen LogP contribution in [0.4, 0.5) is 5.82 Å². The summed E-state index contributed by atoms with van der Waals surface area (Å²) in [7, 11) is 0. The first-order valence-corrected chi connectivity index (χ1v) is 9.97. The normalized spacial score (nSPS) is 19.2. The number of nitrogens with one attached hydrogen (secondary N) is 1. The molecule has 4 rings (SSSR count). The molecule has 0 bridgehead atoms. The fourth-order valence-corrected chi connectivity index (χ4v) is 3.85. The van der Waals surface area contributed by atoms with Crippen molar-refractivity contribution in [2.75, 3.05) is 18.4 Å². The second kappa shape index (κ2) is 7.75. The molecule has 7 heteroatoms. The molecule has 0 radical (unpaired) electrons. The number of piperidine rings is 1. The van der Waals surface area contributed by atoms with E-state index >= 15 is 0 Å². The topological polar surface area (TPSA) is 76.2 Å². The fourth-order valence-electron chi connectivity index (χ4n) is 3.85. The number of carbonyl (C=O) groups excluding carboxylic acids is 1. The Morgan fingerprint density at radius 2 is 2.07 bits per heavy atom. The molecule has 2 atom stereocenters. The molecular formula is C21H27N5O2. The van der Waals surface area contributed by atoms with Gasteiger partial charge in [-0.15, -0.1) is 0 Å². The SMILES string of the molecule is CC(C)n1nccc1NC(=O)[C@@H](C)N1CCC[C@@H](c2nc3ccccc3o2)C1. The number of aromatic nitrogens is 3. The summed E-state index contributed by atoms with van der Waals surface area (Å²) in [6, 6.07) is 9.63. The summed E-state index contributed by atoms with van der Waals surface area (Å²) in [6.07, 6.45) is 3.76. The van der Waals surface area contributed by atoms with Gasteiger partial charge in [0.25, 0.3) is 0 Å². The van der Waals surface area contributed by atoms with Gasteiger partial charge in [0.15, 0.2) is 11.5 Å². The van der Waals surface area contributed by atoms with E-state index in [0.29, 0.717) is 0 Å². The Balaban J connectivity index is 1.44. The first-order chi connectivity index (χ1) is 13.5.